The zero-order chi connectivity index (χ0) is 15.5. The van der Waals surface area contributed by atoms with Gasteiger partial charge in [-0.3, -0.25) is 0 Å². The second kappa shape index (κ2) is 6.58. The van der Waals surface area contributed by atoms with Crippen LogP contribution in [-0.2, 0) is 6.42 Å². The van der Waals surface area contributed by atoms with Crippen LogP contribution in [0.15, 0.2) is 22.7 Å². The van der Waals surface area contributed by atoms with Crippen molar-refractivity contribution in [2.75, 3.05) is 26.3 Å². The Morgan fingerprint density at radius 3 is 2.78 bits per heavy atom. The highest BCUT2D eigenvalue weighted by Crippen LogP contribution is 2.33. The number of nitrogens with one attached hydrogen (secondary N) is 1. The van der Waals surface area contributed by atoms with Gasteiger partial charge in [-0.05, 0) is 56.5 Å². The molecule has 0 atom stereocenters. The molecule has 3 heterocycles. The second-order valence-corrected chi connectivity index (χ2v) is 6.10. The number of aromatic nitrogens is 2. The van der Waals surface area contributed by atoms with Crippen LogP contribution in [0.25, 0.3) is 11.4 Å². The standard InChI is InChI=1S/C17H21N3O3/c1(12-5-7-18-8-6-12)4-16-19-17(20-23-16)13-2-3-14-15(11-13)22-10-9-21-14/h2-3,11-12,18H,1,4-10H2. The van der Waals surface area contributed by atoms with E-state index < -0.39 is 0 Å². The summed E-state index contributed by atoms with van der Waals surface area (Å²) in [5.41, 5.74) is 0.895. The first-order valence-electron chi connectivity index (χ1n) is 8.32. The van der Waals surface area contributed by atoms with Crippen molar-refractivity contribution in [1.29, 1.82) is 0 Å². The molecule has 6 nitrogen and oxygen atoms in total. The van der Waals surface area contributed by atoms with Gasteiger partial charge in [0.1, 0.15) is 13.2 Å². The molecule has 1 saturated heterocycles. The van der Waals surface area contributed by atoms with Gasteiger partial charge in [-0.1, -0.05) is 5.16 Å². The Bertz CT molecular complexity index is 665. The van der Waals surface area contributed by atoms with E-state index in [1.807, 2.05) is 18.2 Å². The lowest BCUT2D eigenvalue weighted by Gasteiger charge is -2.21. The van der Waals surface area contributed by atoms with Gasteiger partial charge in [0, 0.05) is 12.0 Å². The molecule has 6 heteroatoms. The molecule has 0 spiro atoms. The number of benzene rings is 1. The van der Waals surface area contributed by atoms with E-state index in [4.69, 9.17) is 14.0 Å². The van der Waals surface area contributed by atoms with E-state index in [0.717, 1.165) is 48.9 Å². The maximum Gasteiger partial charge on any atom is 0.226 e. The summed E-state index contributed by atoms with van der Waals surface area (Å²) in [6, 6.07) is 5.75. The van der Waals surface area contributed by atoms with E-state index in [2.05, 4.69) is 15.5 Å². The molecule has 2 aliphatic heterocycles. The van der Waals surface area contributed by atoms with Crippen molar-refractivity contribution in [1.82, 2.24) is 15.5 Å². The van der Waals surface area contributed by atoms with Gasteiger partial charge in [-0.2, -0.15) is 4.98 Å². The van der Waals surface area contributed by atoms with Gasteiger partial charge in [0.25, 0.3) is 0 Å². The first-order valence-corrected chi connectivity index (χ1v) is 8.32. The highest BCUT2D eigenvalue weighted by Gasteiger charge is 2.17. The van der Waals surface area contributed by atoms with Crippen molar-refractivity contribution in [2.24, 2.45) is 5.92 Å². The maximum atomic E-state index is 5.60. The summed E-state index contributed by atoms with van der Waals surface area (Å²) in [5, 5.41) is 7.49. The third-order valence-corrected chi connectivity index (χ3v) is 4.49. The first kappa shape index (κ1) is 14.5. The average Bonchev–Trinajstić information content (AvgIpc) is 3.09. The number of nitrogens with zero attached hydrogens (tertiary/aromatic N) is 2. The quantitative estimate of drug-likeness (QED) is 0.934. The molecule has 1 fully saturated rings. The molecule has 0 saturated carbocycles. The minimum absolute atomic E-state index is 0.574. The van der Waals surface area contributed by atoms with E-state index in [1.54, 1.807) is 0 Å². The Hall–Kier alpha value is -2.08. The highest BCUT2D eigenvalue weighted by atomic mass is 16.6. The third kappa shape index (κ3) is 3.32. The van der Waals surface area contributed by atoms with Crippen LogP contribution in [0.2, 0.25) is 0 Å². The molecule has 0 unspecified atom stereocenters. The van der Waals surface area contributed by atoms with Crippen LogP contribution >= 0.6 is 0 Å². The van der Waals surface area contributed by atoms with Crippen molar-refractivity contribution >= 4 is 0 Å². The van der Waals surface area contributed by atoms with Crippen LogP contribution in [0.5, 0.6) is 11.5 Å². The van der Waals surface area contributed by atoms with Crippen LogP contribution in [-0.4, -0.2) is 36.4 Å². The Kier molecular flexibility index (Phi) is 4.15. The van der Waals surface area contributed by atoms with Crippen molar-refractivity contribution in [3.8, 4) is 22.9 Å². The minimum atomic E-state index is 0.574. The molecule has 2 aromatic rings. The third-order valence-electron chi connectivity index (χ3n) is 4.49. The van der Waals surface area contributed by atoms with Crippen molar-refractivity contribution in [3.05, 3.63) is 24.1 Å². The predicted molar refractivity (Wildman–Crippen MR) is 84.6 cm³/mol. The van der Waals surface area contributed by atoms with E-state index in [-0.39, 0.29) is 0 Å². The second-order valence-electron chi connectivity index (χ2n) is 6.10. The normalized spacial score (nSPS) is 18.1. The van der Waals surface area contributed by atoms with E-state index in [9.17, 15) is 0 Å². The van der Waals surface area contributed by atoms with Crippen molar-refractivity contribution < 1.29 is 14.0 Å². The summed E-state index contributed by atoms with van der Waals surface area (Å²) in [6.45, 7) is 3.41. The van der Waals surface area contributed by atoms with Gasteiger partial charge in [0.05, 0.1) is 0 Å². The van der Waals surface area contributed by atoms with Gasteiger partial charge in [-0.15, -0.1) is 0 Å². The van der Waals surface area contributed by atoms with Crippen LogP contribution < -0.4 is 14.8 Å². The molecule has 1 aromatic heterocycles. The minimum Gasteiger partial charge on any atom is -0.486 e. The fourth-order valence-electron chi connectivity index (χ4n) is 3.15. The summed E-state index contributed by atoms with van der Waals surface area (Å²) in [4.78, 5) is 4.52. The summed E-state index contributed by atoms with van der Waals surface area (Å²) in [5.74, 6) is 3.61. The largest absolute Gasteiger partial charge is 0.486 e. The van der Waals surface area contributed by atoms with Gasteiger partial charge in [0.15, 0.2) is 11.5 Å². The number of hydrogen-bond acceptors (Lipinski definition) is 6. The number of aryl methyl sites for hydroxylation is 1. The average molecular weight is 315 g/mol. The molecule has 0 aliphatic carbocycles. The molecule has 0 radical (unpaired) electrons. The molecular formula is C17H21N3O3. The van der Waals surface area contributed by atoms with Gasteiger partial charge in [0.2, 0.25) is 11.7 Å². The van der Waals surface area contributed by atoms with E-state index in [1.165, 1.54) is 12.8 Å². The van der Waals surface area contributed by atoms with Gasteiger partial charge in [-0.25, -0.2) is 0 Å². The SMILES string of the molecule is c1cc2c(cc1-c1noc(CCC3CCNCC3)n1)OCCO2. The zero-order valence-corrected chi connectivity index (χ0v) is 13.1. The Morgan fingerprint density at radius 2 is 1.91 bits per heavy atom. The molecule has 0 bridgehead atoms. The number of ether oxygens (including phenoxy) is 2. The Balaban J connectivity index is 1.43. The summed E-state index contributed by atoms with van der Waals surface area (Å²) < 4.78 is 16.5. The van der Waals surface area contributed by atoms with Crippen LogP contribution in [0.4, 0.5) is 0 Å². The molecule has 4 rings (SSSR count). The molecule has 122 valence electrons. The molecule has 0 amide bonds. The van der Waals surface area contributed by atoms with E-state index >= 15 is 0 Å². The first-order chi connectivity index (χ1) is 11.4. The van der Waals surface area contributed by atoms with Crippen molar-refractivity contribution in [2.45, 2.75) is 25.7 Å². The van der Waals surface area contributed by atoms with Crippen LogP contribution in [0, 0.1) is 5.92 Å². The predicted octanol–water partition coefficient (Wildman–Crippen LogP) is 2.44. The molecule has 1 aromatic carbocycles. The number of piperidine rings is 1. The number of fused-ring (bicyclic) bond motifs is 1. The summed E-state index contributed by atoms with van der Waals surface area (Å²) in [6.07, 6.45) is 4.44. The molecular weight excluding hydrogens is 294 g/mol. The highest BCUT2D eigenvalue weighted by molar-refractivity contribution is 5.60. The van der Waals surface area contributed by atoms with Crippen molar-refractivity contribution in [3.63, 3.8) is 0 Å². The number of hydrogen-bond donors (Lipinski definition) is 1. The van der Waals surface area contributed by atoms with Crippen LogP contribution in [0.3, 0.4) is 0 Å². The maximum absolute atomic E-state index is 5.60. The number of rotatable bonds is 4. The Labute approximate surface area is 135 Å². The zero-order valence-electron chi connectivity index (χ0n) is 13.1. The summed E-state index contributed by atoms with van der Waals surface area (Å²) in [7, 11) is 0. The lowest BCUT2D eigenvalue weighted by atomic mass is 9.93. The smallest absolute Gasteiger partial charge is 0.226 e. The fraction of sp³-hybridized carbons (Fsp3) is 0.529. The molecule has 2 aliphatic rings. The fourth-order valence-corrected chi connectivity index (χ4v) is 3.15. The molecule has 1 N–H and O–H groups in total. The Morgan fingerprint density at radius 1 is 1.09 bits per heavy atom. The monoisotopic (exact) mass is 315 g/mol. The van der Waals surface area contributed by atoms with E-state index in [0.29, 0.717) is 24.9 Å². The lowest BCUT2D eigenvalue weighted by molar-refractivity contribution is 0.171. The topological polar surface area (TPSA) is 69.4 Å². The summed E-state index contributed by atoms with van der Waals surface area (Å²) >= 11 is 0. The lowest BCUT2D eigenvalue weighted by Crippen LogP contribution is -2.27. The van der Waals surface area contributed by atoms with Gasteiger partial charge < -0.3 is 19.3 Å². The van der Waals surface area contributed by atoms with Crippen LogP contribution in [0.1, 0.15) is 25.2 Å². The van der Waals surface area contributed by atoms with Gasteiger partial charge >= 0.3 is 0 Å². The molecule has 23 heavy (non-hydrogen) atoms.